The first-order valence-electron chi connectivity index (χ1n) is 12.9. The van der Waals surface area contributed by atoms with Crippen molar-refractivity contribution in [3.05, 3.63) is 53.6 Å². The molecule has 5 nitrogen and oxygen atoms in total. The van der Waals surface area contributed by atoms with Crippen LogP contribution in [0.25, 0.3) is 0 Å². The van der Waals surface area contributed by atoms with Crippen molar-refractivity contribution in [2.45, 2.75) is 85.6 Å². The van der Waals surface area contributed by atoms with E-state index in [0.717, 1.165) is 58.8 Å². The number of hydrogen-bond donors (Lipinski definition) is 0. The van der Waals surface area contributed by atoms with Crippen molar-refractivity contribution >= 4 is 17.7 Å². The summed E-state index contributed by atoms with van der Waals surface area (Å²) in [6.07, 6.45) is 7.69. The van der Waals surface area contributed by atoms with Gasteiger partial charge in [-0.05, 0) is 75.1 Å². The summed E-state index contributed by atoms with van der Waals surface area (Å²) in [4.78, 5) is 15.9. The molecule has 186 valence electrons. The molecule has 0 N–H and O–H groups in total. The van der Waals surface area contributed by atoms with E-state index in [1.165, 1.54) is 12.8 Å². The Hall–Kier alpha value is -2.02. The van der Waals surface area contributed by atoms with Crippen molar-refractivity contribution in [2.24, 2.45) is 11.8 Å². The third-order valence-electron chi connectivity index (χ3n) is 8.47. The van der Waals surface area contributed by atoms with E-state index in [-0.39, 0.29) is 18.2 Å². The minimum atomic E-state index is -1.20. The highest BCUT2D eigenvalue weighted by Gasteiger charge is 2.59. The maximum Gasteiger partial charge on any atom is 0.341 e. The van der Waals surface area contributed by atoms with Gasteiger partial charge in [-0.2, -0.15) is 0 Å². The van der Waals surface area contributed by atoms with Crippen molar-refractivity contribution < 1.29 is 23.7 Å². The molecule has 2 aliphatic heterocycles. The number of carbonyl (C=O) groups is 1. The summed E-state index contributed by atoms with van der Waals surface area (Å²) in [5.41, 5.74) is 0.234. The molecule has 2 aromatic rings. The lowest BCUT2D eigenvalue weighted by Gasteiger charge is -2.48. The number of ether oxygens (including phenoxy) is 4. The summed E-state index contributed by atoms with van der Waals surface area (Å²) in [5.74, 6) is 0.545. The molecule has 3 fully saturated rings. The van der Waals surface area contributed by atoms with Crippen LogP contribution in [0, 0.1) is 11.8 Å². The third kappa shape index (κ3) is 3.80. The van der Waals surface area contributed by atoms with E-state index in [2.05, 4.69) is 13.0 Å². The highest BCUT2D eigenvalue weighted by Crippen LogP contribution is 2.56. The van der Waals surface area contributed by atoms with Crippen LogP contribution >= 0.6 is 11.8 Å². The van der Waals surface area contributed by atoms with E-state index < -0.39 is 11.4 Å². The van der Waals surface area contributed by atoms with Crippen molar-refractivity contribution in [1.29, 1.82) is 0 Å². The lowest BCUT2D eigenvalue weighted by Crippen LogP contribution is -2.51. The molecule has 2 bridgehead atoms. The SMILES string of the molecule is CCC1CC2CCCC(OC(=O)C3(C)COC4(O3)c3ccccc3Sc3ccc(OC)cc34)(C1)C2. The van der Waals surface area contributed by atoms with Gasteiger partial charge in [0.25, 0.3) is 0 Å². The lowest BCUT2D eigenvalue weighted by molar-refractivity contribution is -0.208. The van der Waals surface area contributed by atoms with Gasteiger partial charge in [-0.1, -0.05) is 49.7 Å². The predicted molar refractivity (Wildman–Crippen MR) is 134 cm³/mol. The number of benzene rings is 2. The molecule has 1 saturated heterocycles. The van der Waals surface area contributed by atoms with Crippen LogP contribution in [0.15, 0.2) is 52.3 Å². The van der Waals surface area contributed by atoms with Gasteiger partial charge in [0.15, 0.2) is 5.60 Å². The molecule has 5 unspecified atom stereocenters. The molecule has 6 rings (SSSR count). The van der Waals surface area contributed by atoms with Crippen LogP contribution in [0.1, 0.15) is 69.9 Å². The molecule has 1 spiro atoms. The van der Waals surface area contributed by atoms with Crippen LogP contribution in [0.4, 0.5) is 0 Å². The number of rotatable bonds is 4. The fourth-order valence-electron chi connectivity index (χ4n) is 6.72. The van der Waals surface area contributed by atoms with Crippen LogP contribution in [-0.2, 0) is 24.8 Å². The minimum absolute atomic E-state index is 0.137. The van der Waals surface area contributed by atoms with Crippen molar-refractivity contribution in [2.75, 3.05) is 13.7 Å². The van der Waals surface area contributed by atoms with Gasteiger partial charge in [0.2, 0.25) is 5.79 Å². The second-order valence-electron chi connectivity index (χ2n) is 10.9. The second-order valence-corrected chi connectivity index (χ2v) is 12.0. The van der Waals surface area contributed by atoms with Gasteiger partial charge >= 0.3 is 5.97 Å². The molecule has 2 saturated carbocycles. The molecule has 35 heavy (non-hydrogen) atoms. The zero-order valence-electron chi connectivity index (χ0n) is 20.8. The van der Waals surface area contributed by atoms with Gasteiger partial charge < -0.3 is 18.9 Å². The topological polar surface area (TPSA) is 54.0 Å². The zero-order chi connectivity index (χ0) is 24.3. The molecular formula is C29H34O5S. The molecule has 2 aromatic carbocycles. The Morgan fingerprint density at radius 3 is 2.80 bits per heavy atom. The van der Waals surface area contributed by atoms with Crippen LogP contribution in [0.5, 0.6) is 5.75 Å². The van der Waals surface area contributed by atoms with Crippen molar-refractivity contribution in [3.8, 4) is 5.75 Å². The fraction of sp³-hybridized carbons (Fsp3) is 0.552. The van der Waals surface area contributed by atoms with E-state index in [9.17, 15) is 4.79 Å². The lowest BCUT2D eigenvalue weighted by atomic mass is 9.64. The molecule has 4 aliphatic rings. The molecule has 2 heterocycles. The summed E-state index contributed by atoms with van der Waals surface area (Å²) < 4.78 is 25.2. The molecule has 5 atom stereocenters. The van der Waals surface area contributed by atoms with Crippen molar-refractivity contribution in [1.82, 2.24) is 0 Å². The molecule has 0 radical (unpaired) electrons. The van der Waals surface area contributed by atoms with Crippen LogP contribution in [0.3, 0.4) is 0 Å². The smallest absolute Gasteiger partial charge is 0.341 e. The zero-order valence-corrected chi connectivity index (χ0v) is 21.6. The summed E-state index contributed by atoms with van der Waals surface area (Å²) >= 11 is 1.68. The summed E-state index contributed by atoms with van der Waals surface area (Å²) in [6, 6.07) is 14.0. The van der Waals surface area contributed by atoms with Gasteiger partial charge in [0.05, 0.1) is 13.7 Å². The van der Waals surface area contributed by atoms with Gasteiger partial charge in [-0.15, -0.1) is 0 Å². The van der Waals surface area contributed by atoms with Crippen LogP contribution < -0.4 is 4.74 Å². The van der Waals surface area contributed by atoms with Gasteiger partial charge in [-0.25, -0.2) is 4.79 Å². The van der Waals surface area contributed by atoms with E-state index in [4.69, 9.17) is 18.9 Å². The van der Waals surface area contributed by atoms with Crippen molar-refractivity contribution in [3.63, 3.8) is 0 Å². The van der Waals surface area contributed by atoms with Gasteiger partial charge in [0.1, 0.15) is 11.4 Å². The normalized spacial score (nSPS) is 35.3. The molecule has 0 amide bonds. The Kier molecular flexibility index (Phi) is 5.70. The highest BCUT2D eigenvalue weighted by atomic mass is 32.2. The van der Waals surface area contributed by atoms with E-state index in [0.29, 0.717) is 11.8 Å². The van der Waals surface area contributed by atoms with E-state index in [1.54, 1.807) is 18.9 Å². The third-order valence-corrected chi connectivity index (χ3v) is 9.63. The monoisotopic (exact) mass is 494 g/mol. The second kappa shape index (κ2) is 8.53. The Labute approximate surface area is 211 Å². The first-order chi connectivity index (χ1) is 16.9. The first-order valence-corrected chi connectivity index (χ1v) is 13.7. The quantitative estimate of drug-likeness (QED) is 0.455. The molecule has 0 aromatic heterocycles. The number of fused-ring (bicyclic) bond motifs is 6. The number of esters is 1. The fourth-order valence-corrected chi connectivity index (χ4v) is 7.85. The molecule has 6 heteroatoms. The molecule has 2 aliphatic carbocycles. The average Bonchev–Trinajstić information content (AvgIpc) is 3.23. The van der Waals surface area contributed by atoms with Crippen LogP contribution in [-0.4, -0.2) is 30.9 Å². The number of methoxy groups -OCH3 is 1. The summed E-state index contributed by atoms with van der Waals surface area (Å²) in [7, 11) is 1.65. The summed E-state index contributed by atoms with van der Waals surface area (Å²) in [5, 5.41) is 0. The highest BCUT2D eigenvalue weighted by molar-refractivity contribution is 7.99. The molecular weight excluding hydrogens is 460 g/mol. The number of hydrogen-bond acceptors (Lipinski definition) is 6. The Morgan fingerprint density at radius 2 is 1.97 bits per heavy atom. The summed E-state index contributed by atoms with van der Waals surface area (Å²) in [6.45, 7) is 4.22. The first kappa shape index (κ1) is 23.4. The van der Waals surface area contributed by atoms with E-state index in [1.807, 2.05) is 43.3 Å². The predicted octanol–water partition coefficient (Wildman–Crippen LogP) is 6.46. The van der Waals surface area contributed by atoms with Crippen LogP contribution in [0.2, 0.25) is 0 Å². The Morgan fingerprint density at radius 1 is 1.14 bits per heavy atom. The van der Waals surface area contributed by atoms with Gasteiger partial charge in [0, 0.05) is 20.9 Å². The van der Waals surface area contributed by atoms with Gasteiger partial charge in [-0.3, -0.25) is 0 Å². The largest absolute Gasteiger partial charge is 0.497 e. The maximum absolute atomic E-state index is 13.8. The van der Waals surface area contributed by atoms with E-state index >= 15 is 0 Å². The Bertz CT molecular complexity index is 1150. The number of carbonyl (C=O) groups excluding carboxylic acids is 1. The Balaban J connectivity index is 1.34. The maximum atomic E-state index is 13.8. The minimum Gasteiger partial charge on any atom is -0.497 e. The average molecular weight is 495 g/mol. The standard InChI is InChI=1S/C29H34O5S/c1-4-19-14-20-8-7-13-28(16-19,17-20)33-26(30)27(2)18-32-29(34-27)22-9-5-6-10-24(22)35-25-12-11-21(31-3)15-23(25)29/h5-6,9-12,15,19-20H,4,7-8,13-14,16-18H2,1-3H3.